The van der Waals surface area contributed by atoms with E-state index in [1.165, 1.54) is 99.0 Å². The third-order valence-electron chi connectivity index (χ3n) is 10.9. The van der Waals surface area contributed by atoms with Gasteiger partial charge in [0.05, 0.1) is 11.0 Å². The third kappa shape index (κ3) is 5.24. The van der Waals surface area contributed by atoms with Crippen molar-refractivity contribution in [1.82, 2.24) is 4.57 Å². The van der Waals surface area contributed by atoms with Gasteiger partial charge < -0.3 is 4.57 Å². The average molecular weight is 676 g/mol. The van der Waals surface area contributed by atoms with Crippen LogP contribution in [0.3, 0.4) is 0 Å². The van der Waals surface area contributed by atoms with E-state index in [4.69, 9.17) is 0 Å². The molecule has 10 rings (SSSR count). The largest absolute Gasteiger partial charge is 0.309 e. The molecule has 1 heteroatoms. The first-order chi connectivity index (χ1) is 26.1. The van der Waals surface area contributed by atoms with E-state index in [0.717, 1.165) is 5.69 Å². The molecule has 1 nitrogen and oxygen atoms in total. The maximum Gasteiger partial charge on any atom is 0.0541 e. The number of aryl methyl sites for hydroxylation is 2. The Morgan fingerprint density at radius 3 is 1.19 bits per heavy atom. The van der Waals surface area contributed by atoms with Crippen LogP contribution in [-0.4, -0.2) is 4.57 Å². The van der Waals surface area contributed by atoms with Gasteiger partial charge in [-0.05, 0) is 116 Å². The molecule has 0 bridgehead atoms. The van der Waals surface area contributed by atoms with Gasteiger partial charge in [0.25, 0.3) is 0 Å². The second kappa shape index (κ2) is 12.5. The Kier molecular flexibility index (Phi) is 7.33. The van der Waals surface area contributed by atoms with Gasteiger partial charge in [0, 0.05) is 16.5 Å². The van der Waals surface area contributed by atoms with Gasteiger partial charge in [0.15, 0.2) is 0 Å². The van der Waals surface area contributed by atoms with Crippen LogP contribution in [0, 0.1) is 13.8 Å². The summed E-state index contributed by atoms with van der Waals surface area (Å²) in [5, 5.41) is 7.52. The molecule has 0 unspecified atom stereocenters. The fourth-order valence-corrected chi connectivity index (χ4v) is 8.29. The van der Waals surface area contributed by atoms with Crippen molar-refractivity contribution in [2.45, 2.75) is 13.8 Å². The average Bonchev–Trinajstić information content (AvgIpc) is 3.54. The minimum atomic E-state index is 1.15. The normalized spacial score (nSPS) is 11.6. The Bertz CT molecular complexity index is 2870. The van der Waals surface area contributed by atoms with E-state index >= 15 is 0 Å². The number of aromatic nitrogens is 1. The monoisotopic (exact) mass is 675 g/mol. The van der Waals surface area contributed by atoms with E-state index < -0.39 is 0 Å². The van der Waals surface area contributed by atoms with Gasteiger partial charge in [0.1, 0.15) is 0 Å². The molecule has 0 saturated heterocycles. The van der Waals surface area contributed by atoms with E-state index in [9.17, 15) is 0 Å². The van der Waals surface area contributed by atoms with E-state index in [0.29, 0.717) is 0 Å². The quantitative estimate of drug-likeness (QED) is 0.160. The Balaban J connectivity index is 1.29. The molecular weight excluding hydrogens is 639 g/mol. The summed E-state index contributed by atoms with van der Waals surface area (Å²) in [5.41, 5.74) is 16.0. The van der Waals surface area contributed by atoms with Gasteiger partial charge in [-0.1, -0.05) is 163 Å². The maximum absolute atomic E-state index is 2.47. The Morgan fingerprint density at radius 1 is 0.283 bits per heavy atom. The van der Waals surface area contributed by atoms with Crippen LogP contribution >= 0.6 is 0 Å². The van der Waals surface area contributed by atoms with Crippen molar-refractivity contribution >= 4 is 43.4 Å². The lowest BCUT2D eigenvalue weighted by Crippen LogP contribution is -1.96. The number of benzene rings is 9. The lowest BCUT2D eigenvalue weighted by atomic mass is 9.86. The summed E-state index contributed by atoms with van der Waals surface area (Å²) < 4.78 is 2.47. The predicted molar refractivity (Wildman–Crippen MR) is 227 cm³/mol. The highest BCUT2D eigenvalue weighted by atomic mass is 15.0. The van der Waals surface area contributed by atoms with Crippen LogP contribution in [0.1, 0.15) is 11.1 Å². The van der Waals surface area contributed by atoms with Crippen LogP contribution < -0.4 is 0 Å². The molecular formula is C52H37N. The SMILES string of the molecule is Cc1ccc(-c2ccc3c(c2)c2cc(-c4ccc(C)cc4)ccc2n3-c2ccc3c(-c4ccccc4)c4ccccc4c(-c4ccccc4)c3c2)cc1. The summed E-state index contributed by atoms with van der Waals surface area (Å²) in [6.45, 7) is 4.29. The summed E-state index contributed by atoms with van der Waals surface area (Å²) in [7, 11) is 0. The van der Waals surface area contributed by atoms with Gasteiger partial charge in [-0.25, -0.2) is 0 Å². The lowest BCUT2D eigenvalue weighted by Gasteiger charge is -2.19. The molecule has 250 valence electrons. The van der Waals surface area contributed by atoms with Crippen LogP contribution in [0.5, 0.6) is 0 Å². The molecule has 0 spiro atoms. The van der Waals surface area contributed by atoms with Crippen LogP contribution in [0.25, 0.3) is 93.5 Å². The molecule has 0 amide bonds. The smallest absolute Gasteiger partial charge is 0.0541 e. The highest BCUT2D eigenvalue weighted by Crippen LogP contribution is 2.45. The summed E-state index contributed by atoms with van der Waals surface area (Å²) in [6.07, 6.45) is 0. The molecule has 0 N–H and O–H groups in total. The van der Waals surface area contributed by atoms with E-state index in [2.05, 4.69) is 206 Å². The summed E-state index contributed by atoms with van der Waals surface area (Å²) in [6, 6.07) is 69.4. The maximum atomic E-state index is 2.47. The zero-order chi connectivity index (χ0) is 35.5. The molecule has 9 aromatic carbocycles. The molecule has 0 fully saturated rings. The first kappa shape index (κ1) is 31.1. The second-order valence-corrected chi connectivity index (χ2v) is 14.3. The predicted octanol–water partition coefficient (Wildman–Crippen LogP) is 14.4. The van der Waals surface area contributed by atoms with E-state index in [-0.39, 0.29) is 0 Å². The highest BCUT2D eigenvalue weighted by Gasteiger charge is 2.20. The molecule has 0 atom stereocenters. The number of hydrogen-bond donors (Lipinski definition) is 0. The fraction of sp³-hybridized carbons (Fsp3) is 0.0385. The van der Waals surface area contributed by atoms with Gasteiger partial charge in [-0.3, -0.25) is 0 Å². The number of fused-ring (bicyclic) bond motifs is 5. The van der Waals surface area contributed by atoms with Crippen LogP contribution in [0.15, 0.2) is 188 Å². The molecule has 53 heavy (non-hydrogen) atoms. The summed E-state index contributed by atoms with van der Waals surface area (Å²) >= 11 is 0. The van der Waals surface area contributed by atoms with E-state index in [1.54, 1.807) is 0 Å². The van der Waals surface area contributed by atoms with Crippen LogP contribution in [-0.2, 0) is 0 Å². The molecule has 1 aromatic heterocycles. The van der Waals surface area contributed by atoms with Crippen molar-refractivity contribution in [3.63, 3.8) is 0 Å². The highest BCUT2D eigenvalue weighted by molar-refractivity contribution is 6.22. The van der Waals surface area contributed by atoms with Crippen molar-refractivity contribution in [3.05, 3.63) is 199 Å². The first-order valence-corrected chi connectivity index (χ1v) is 18.4. The number of hydrogen-bond acceptors (Lipinski definition) is 0. The topological polar surface area (TPSA) is 4.93 Å². The van der Waals surface area contributed by atoms with Gasteiger partial charge in [0.2, 0.25) is 0 Å². The Hall–Kier alpha value is -6.70. The molecule has 0 saturated carbocycles. The minimum Gasteiger partial charge on any atom is -0.309 e. The minimum absolute atomic E-state index is 1.15. The van der Waals surface area contributed by atoms with Crippen molar-refractivity contribution in [2.75, 3.05) is 0 Å². The van der Waals surface area contributed by atoms with Crippen LogP contribution in [0.2, 0.25) is 0 Å². The zero-order valence-electron chi connectivity index (χ0n) is 29.8. The van der Waals surface area contributed by atoms with Crippen molar-refractivity contribution in [1.29, 1.82) is 0 Å². The molecule has 10 aromatic rings. The molecule has 0 aliphatic rings. The molecule has 0 aliphatic carbocycles. The van der Waals surface area contributed by atoms with E-state index in [1.807, 2.05) is 0 Å². The van der Waals surface area contributed by atoms with Gasteiger partial charge in [-0.15, -0.1) is 0 Å². The van der Waals surface area contributed by atoms with Crippen molar-refractivity contribution < 1.29 is 0 Å². The van der Waals surface area contributed by atoms with Crippen LogP contribution in [0.4, 0.5) is 0 Å². The summed E-state index contributed by atoms with van der Waals surface area (Å²) in [5.74, 6) is 0. The molecule has 1 heterocycles. The van der Waals surface area contributed by atoms with Gasteiger partial charge in [-0.2, -0.15) is 0 Å². The number of nitrogens with zero attached hydrogens (tertiary/aromatic N) is 1. The summed E-state index contributed by atoms with van der Waals surface area (Å²) in [4.78, 5) is 0. The fourth-order valence-electron chi connectivity index (χ4n) is 8.29. The first-order valence-electron chi connectivity index (χ1n) is 18.4. The Morgan fingerprint density at radius 2 is 0.698 bits per heavy atom. The van der Waals surface area contributed by atoms with Crippen molar-refractivity contribution in [3.8, 4) is 50.2 Å². The number of rotatable bonds is 5. The third-order valence-corrected chi connectivity index (χ3v) is 10.9. The lowest BCUT2D eigenvalue weighted by molar-refractivity contribution is 1.19. The molecule has 0 radical (unpaired) electrons. The second-order valence-electron chi connectivity index (χ2n) is 14.3. The molecule has 0 aliphatic heterocycles. The zero-order valence-corrected chi connectivity index (χ0v) is 29.8. The Labute approximate surface area is 310 Å². The van der Waals surface area contributed by atoms with Gasteiger partial charge >= 0.3 is 0 Å². The standard InChI is InChI=1S/C52H37N/c1-34-17-21-36(22-18-34)40-25-29-49-46(31-40)47-32-41(37-23-19-35(2)20-24-37)26-30-50(47)53(49)42-27-28-45-48(33-42)52(39-13-7-4-8-14-39)44-16-10-9-15-43(44)51(45)38-11-5-3-6-12-38/h3-33H,1-2H3. The van der Waals surface area contributed by atoms with Crippen molar-refractivity contribution in [2.24, 2.45) is 0 Å².